The first-order valence-electron chi connectivity index (χ1n) is 7.79. The number of benzene rings is 1. The van der Waals surface area contributed by atoms with Crippen LogP contribution in [0.2, 0.25) is 0 Å². The second kappa shape index (κ2) is 5.86. The fourth-order valence-electron chi connectivity index (χ4n) is 3.78. The van der Waals surface area contributed by atoms with E-state index in [1.54, 1.807) is 24.3 Å². The van der Waals surface area contributed by atoms with Crippen molar-refractivity contribution in [3.05, 3.63) is 29.8 Å². The molecule has 20 heavy (non-hydrogen) atoms. The fourth-order valence-corrected chi connectivity index (χ4v) is 3.78. The Bertz CT molecular complexity index is 468. The van der Waals surface area contributed by atoms with Crippen LogP contribution in [0.15, 0.2) is 24.3 Å². The van der Waals surface area contributed by atoms with E-state index in [1.807, 2.05) is 0 Å². The smallest absolute Gasteiger partial charge is 0.338 e. The third-order valence-corrected chi connectivity index (χ3v) is 4.91. The molecule has 2 aliphatic rings. The molecule has 0 saturated heterocycles. The molecule has 3 unspecified atom stereocenters. The summed E-state index contributed by atoms with van der Waals surface area (Å²) in [5.41, 5.74) is 6.90. The van der Waals surface area contributed by atoms with Crippen LogP contribution in [-0.2, 0) is 4.74 Å². The summed E-state index contributed by atoms with van der Waals surface area (Å²) in [6.07, 6.45) is 8.86. The molecular formula is C17H23NO2. The number of fused-ring (bicyclic) bond motifs is 1. The van der Waals surface area contributed by atoms with Crippen molar-refractivity contribution < 1.29 is 9.53 Å². The number of hydrogen-bond acceptors (Lipinski definition) is 3. The Labute approximate surface area is 120 Å². The van der Waals surface area contributed by atoms with Gasteiger partial charge in [0.25, 0.3) is 0 Å². The largest absolute Gasteiger partial charge is 0.459 e. The lowest BCUT2D eigenvalue weighted by Crippen LogP contribution is -2.33. The second-order valence-corrected chi connectivity index (χ2v) is 6.27. The molecule has 3 heteroatoms. The summed E-state index contributed by atoms with van der Waals surface area (Å²) in [5, 5.41) is 0. The molecule has 3 atom stereocenters. The molecule has 2 N–H and O–H groups in total. The van der Waals surface area contributed by atoms with Crippen molar-refractivity contribution >= 4 is 11.7 Å². The summed E-state index contributed by atoms with van der Waals surface area (Å²) in [7, 11) is 0. The molecule has 108 valence electrons. The summed E-state index contributed by atoms with van der Waals surface area (Å²) in [6.45, 7) is 0. The van der Waals surface area contributed by atoms with Crippen molar-refractivity contribution in [2.75, 3.05) is 5.73 Å². The standard InChI is InChI=1S/C17H23NO2/c18-15-8-5-13(6-9-15)17(19)20-16-10-7-12-3-1-2-4-14(12)11-16/h5-6,8-9,12,14,16H,1-4,7,10-11,18H2. The van der Waals surface area contributed by atoms with Gasteiger partial charge in [0.15, 0.2) is 0 Å². The molecule has 2 aliphatic carbocycles. The molecule has 0 amide bonds. The number of ether oxygens (including phenoxy) is 1. The summed E-state index contributed by atoms with van der Waals surface area (Å²) in [6, 6.07) is 6.97. The number of nitrogen functional groups attached to an aromatic ring is 1. The van der Waals surface area contributed by atoms with Gasteiger partial charge in [0.05, 0.1) is 5.56 Å². The number of carbonyl (C=O) groups is 1. The van der Waals surface area contributed by atoms with Gasteiger partial charge in [-0.2, -0.15) is 0 Å². The Morgan fingerprint density at radius 2 is 1.70 bits per heavy atom. The van der Waals surface area contributed by atoms with Gasteiger partial charge >= 0.3 is 5.97 Å². The van der Waals surface area contributed by atoms with Gasteiger partial charge in [-0.3, -0.25) is 0 Å². The van der Waals surface area contributed by atoms with Crippen LogP contribution < -0.4 is 5.73 Å². The van der Waals surface area contributed by atoms with Gasteiger partial charge in [-0.1, -0.05) is 25.7 Å². The SMILES string of the molecule is Nc1ccc(C(=O)OC2CCC3CCCCC3C2)cc1. The number of esters is 1. The van der Waals surface area contributed by atoms with Crippen molar-refractivity contribution in [1.82, 2.24) is 0 Å². The van der Waals surface area contributed by atoms with Gasteiger partial charge in [0.1, 0.15) is 6.10 Å². The molecule has 0 bridgehead atoms. The molecule has 1 aromatic carbocycles. The van der Waals surface area contributed by atoms with Crippen molar-refractivity contribution in [3.8, 4) is 0 Å². The molecular weight excluding hydrogens is 250 g/mol. The zero-order valence-corrected chi connectivity index (χ0v) is 11.9. The van der Waals surface area contributed by atoms with Crippen LogP contribution in [0, 0.1) is 11.8 Å². The predicted molar refractivity (Wildman–Crippen MR) is 79.4 cm³/mol. The molecule has 0 heterocycles. The predicted octanol–water partition coefficient (Wildman–Crippen LogP) is 3.78. The molecule has 0 radical (unpaired) electrons. The van der Waals surface area contributed by atoms with Crippen molar-refractivity contribution in [2.24, 2.45) is 11.8 Å². The van der Waals surface area contributed by atoms with Gasteiger partial charge in [0.2, 0.25) is 0 Å². The van der Waals surface area contributed by atoms with Crippen molar-refractivity contribution in [3.63, 3.8) is 0 Å². The zero-order valence-electron chi connectivity index (χ0n) is 11.9. The van der Waals surface area contributed by atoms with Crippen LogP contribution in [0.1, 0.15) is 55.3 Å². The highest BCUT2D eigenvalue weighted by atomic mass is 16.5. The van der Waals surface area contributed by atoms with Crippen LogP contribution in [0.25, 0.3) is 0 Å². The normalized spacial score (nSPS) is 29.5. The minimum Gasteiger partial charge on any atom is -0.459 e. The highest BCUT2D eigenvalue weighted by molar-refractivity contribution is 5.89. The maximum atomic E-state index is 12.1. The van der Waals surface area contributed by atoms with Crippen LogP contribution in [0.5, 0.6) is 0 Å². The van der Waals surface area contributed by atoms with Crippen molar-refractivity contribution in [1.29, 1.82) is 0 Å². The van der Waals surface area contributed by atoms with E-state index in [0.29, 0.717) is 11.3 Å². The fraction of sp³-hybridized carbons (Fsp3) is 0.588. The average Bonchev–Trinajstić information content (AvgIpc) is 2.48. The maximum Gasteiger partial charge on any atom is 0.338 e. The lowest BCUT2D eigenvalue weighted by molar-refractivity contribution is -0.000919. The molecule has 0 spiro atoms. The van der Waals surface area contributed by atoms with Gasteiger partial charge in [-0.15, -0.1) is 0 Å². The first-order chi connectivity index (χ1) is 9.72. The number of rotatable bonds is 2. The minimum absolute atomic E-state index is 0.111. The Hall–Kier alpha value is -1.51. The molecule has 0 aromatic heterocycles. The average molecular weight is 273 g/mol. The topological polar surface area (TPSA) is 52.3 Å². The molecule has 1 aromatic rings. The van der Waals surface area contributed by atoms with Crippen LogP contribution in [0.3, 0.4) is 0 Å². The van der Waals surface area contributed by atoms with Crippen LogP contribution >= 0.6 is 0 Å². The van der Waals surface area contributed by atoms with Gasteiger partial charge in [-0.05, 0) is 55.4 Å². The van der Waals surface area contributed by atoms with Gasteiger partial charge in [0, 0.05) is 5.69 Å². The van der Waals surface area contributed by atoms with Gasteiger partial charge < -0.3 is 10.5 Å². The minimum atomic E-state index is -0.204. The molecule has 2 fully saturated rings. The first kappa shape index (κ1) is 13.5. The molecule has 0 aliphatic heterocycles. The highest BCUT2D eigenvalue weighted by Crippen LogP contribution is 2.41. The maximum absolute atomic E-state index is 12.1. The summed E-state index contributed by atoms with van der Waals surface area (Å²) in [5.74, 6) is 1.46. The van der Waals surface area contributed by atoms with Gasteiger partial charge in [-0.25, -0.2) is 4.79 Å². The molecule has 3 nitrogen and oxygen atoms in total. The Kier molecular flexibility index (Phi) is 3.95. The van der Waals surface area contributed by atoms with Crippen LogP contribution in [-0.4, -0.2) is 12.1 Å². The second-order valence-electron chi connectivity index (χ2n) is 6.27. The van der Waals surface area contributed by atoms with E-state index in [0.717, 1.165) is 24.7 Å². The van der Waals surface area contributed by atoms with E-state index >= 15 is 0 Å². The number of hydrogen-bond donors (Lipinski definition) is 1. The Balaban J connectivity index is 1.58. The number of anilines is 1. The monoisotopic (exact) mass is 273 g/mol. The Morgan fingerprint density at radius 1 is 1.00 bits per heavy atom. The third-order valence-electron chi connectivity index (χ3n) is 4.91. The summed E-state index contributed by atoms with van der Waals surface area (Å²) >= 11 is 0. The van der Waals surface area contributed by atoms with E-state index in [9.17, 15) is 4.79 Å². The quantitative estimate of drug-likeness (QED) is 0.659. The van der Waals surface area contributed by atoms with Crippen molar-refractivity contribution in [2.45, 2.75) is 51.0 Å². The van der Waals surface area contributed by atoms with E-state index in [4.69, 9.17) is 10.5 Å². The third kappa shape index (κ3) is 2.97. The molecule has 3 rings (SSSR count). The summed E-state index contributed by atoms with van der Waals surface area (Å²) in [4.78, 5) is 12.1. The lowest BCUT2D eigenvalue weighted by Gasteiger charge is -2.38. The zero-order chi connectivity index (χ0) is 13.9. The number of carbonyl (C=O) groups excluding carboxylic acids is 1. The van der Waals surface area contributed by atoms with E-state index in [-0.39, 0.29) is 12.1 Å². The van der Waals surface area contributed by atoms with E-state index in [2.05, 4.69) is 0 Å². The van der Waals surface area contributed by atoms with E-state index < -0.39 is 0 Å². The highest BCUT2D eigenvalue weighted by Gasteiger charge is 2.33. The Morgan fingerprint density at radius 3 is 2.45 bits per heavy atom. The molecule has 2 saturated carbocycles. The lowest BCUT2D eigenvalue weighted by atomic mass is 9.70. The first-order valence-corrected chi connectivity index (χ1v) is 7.79. The summed E-state index contributed by atoms with van der Waals surface area (Å²) < 4.78 is 5.69. The van der Waals surface area contributed by atoms with Crippen LogP contribution in [0.4, 0.5) is 5.69 Å². The van der Waals surface area contributed by atoms with E-state index in [1.165, 1.54) is 32.1 Å². The number of nitrogens with two attached hydrogens (primary N) is 1.